The van der Waals surface area contributed by atoms with E-state index in [1.807, 2.05) is 0 Å². The van der Waals surface area contributed by atoms with Crippen LogP contribution in [0.4, 0.5) is 4.79 Å². The van der Waals surface area contributed by atoms with Gasteiger partial charge in [0.2, 0.25) is 76.8 Å². The Labute approximate surface area is 828 Å². The van der Waals surface area contributed by atoms with Gasteiger partial charge in [0, 0.05) is 93.7 Å². The van der Waals surface area contributed by atoms with E-state index >= 15 is 57.5 Å². The number of aromatic nitrogens is 1. The highest BCUT2D eigenvalue weighted by Crippen LogP contribution is 2.27. The zero-order valence-corrected chi connectivity index (χ0v) is 80.7. The minimum Gasteiger partial charge on any atom is -0.508 e. The Bertz CT molecular complexity index is 4930. The van der Waals surface area contributed by atoms with Gasteiger partial charge in [-0.2, -0.15) is 0 Å². The minimum atomic E-state index is -1.91. The molecule has 3 aromatic carbocycles. The zero-order chi connectivity index (χ0) is 104. The number of benzene rings is 3. The average molecular weight is 2030 g/mol. The largest absolute Gasteiger partial charge is 0.508 e. The number of nitrogens with two attached hydrogens (primary N) is 9. The van der Waals surface area contributed by atoms with Crippen LogP contribution in [-0.4, -0.2) is 299 Å². The Hall–Kier alpha value is -14.4. The predicted octanol–water partition coefficient (Wildman–Crippen LogP) is -6.75. The van der Waals surface area contributed by atoms with E-state index in [2.05, 4.69) is 101 Å². The molecule has 0 unspecified atom stereocenters. The van der Waals surface area contributed by atoms with Crippen molar-refractivity contribution in [2.24, 2.45) is 51.6 Å². The Morgan fingerprint density at radius 2 is 0.845 bits per heavy atom. The molecule has 142 heavy (non-hydrogen) atoms. The van der Waals surface area contributed by atoms with Crippen molar-refractivity contribution in [3.63, 3.8) is 0 Å². The highest BCUT2D eigenvalue weighted by Gasteiger charge is 2.43. The van der Waals surface area contributed by atoms with Gasteiger partial charge in [0.05, 0.1) is 6.04 Å². The van der Waals surface area contributed by atoms with Gasteiger partial charge in [0.1, 0.15) is 90.0 Å². The number of aliphatic carboxylic acids is 1. The number of guanidine groups is 5. The first kappa shape index (κ1) is 116. The van der Waals surface area contributed by atoms with E-state index in [-0.39, 0.29) is 204 Å². The van der Waals surface area contributed by atoms with Crippen molar-refractivity contribution >= 4 is 151 Å². The number of carboxylic acids is 1. The number of phenolic OH excluding ortho intramolecular Hbond substituents is 2. The summed E-state index contributed by atoms with van der Waals surface area (Å²) >= 11 is 0. The first-order chi connectivity index (χ1) is 67.7. The minimum absolute atomic E-state index is 0.0112. The van der Waals surface area contributed by atoms with E-state index in [4.69, 9.17) is 78.6 Å². The monoisotopic (exact) mass is 2030 g/mol. The maximum absolute atomic E-state index is 15.9. The average Bonchev–Trinajstić information content (AvgIpc) is 1.64. The summed E-state index contributed by atoms with van der Waals surface area (Å²) in [5.74, 6) is -18.5. The molecule has 2 saturated heterocycles. The maximum atomic E-state index is 15.9. The predicted molar refractivity (Wildman–Crippen MR) is 532 cm³/mol. The van der Waals surface area contributed by atoms with Crippen LogP contribution in [0, 0.1) is 27.0 Å². The number of H-pyrrole nitrogens is 1. The van der Waals surface area contributed by atoms with E-state index in [1.165, 1.54) is 53.4 Å². The fourth-order valence-corrected chi connectivity index (χ4v) is 17.7. The van der Waals surface area contributed by atoms with Crippen LogP contribution in [0.1, 0.15) is 145 Å². The Morgan fingerprint density at radius 3 is 1.32 bits per heavy atom. The number of hydrogen-bond acceptors (Lipinski definition) is 27. The number of nitrogens with zero attached hydrogens (tertiary/aromatic N) is 1. The number of aromatic hydroxyl groups is 2. The van der Waals surface area contributed by atoms with Crippen molar-refractivity contribution in [2.45, 2.75) is 232 Å². The number of rotatable bonds is 47. The number of primary amides is 1. The topological polar surface area (TPSA) is 906 Å². The van der Waals surface area contributed by atoms with Crippen molar-refractivity contribution in [1.82, 2.24) is 106 Å². The number of para-hydroxylation sites is 1. The molecule has 0 aliphatic carbocycles. The lowest BCUT2D eigenvalue weighted by atomic mass is 10.0. The van der Waals surface area contributed by atoms with E-state index in [0.717, 1.165) is 21.6 Å². The summed E-state index contributed by atoms with van der Waals surface area (Å²) < 4.78 is 0. The molecule has 2 aliphatic rings. The Balaban J connectivity index is 1.60. The molecular formula is C88H140N34O18S2. The van der Waals surface area contributed by atoms with Gasteiger partial charge in [0.25, 0.3) is 0 Å². The summed E-state index contributed by atoms with van der Waals surface area (Å²) in [4.78, 5) is 228. The number of amides is 15. The normalized spacial score (nSPS) is 20.3. The lowest BCUT2D eigenvalue weighted by Gasteiger charge is -2.31. The number of hydrogen-bond donors (Lipinski definition) is 36. The molecule has 3 heterocycles. The van der Waals surface area contributed by atoms with Crippen LogP contribution in [-0.2, 0) is 86.4 Å². The summed E-state index contributed by atoms with van der Waals surface area (Å²) in [7, 11) is 1.45. The molecule has 14 atom stereocenters. The fraction of sp³-hybridized carbons (Fsp3) is 0.545. The van der Waals surface area contributed by atoms with Crippen LogP contribution in [0.3, 0.4) is 0 Å². The molecule has 52 nitrogen and oxygen atoms in total. The van der Waals surface area contributed by atoms with Gasteiger partial charge < -0.3 is 173 Å². The SMILES string of the molecule is N=C(N)NCCC[C@H](NC(=O)[C@@H]1CSSC[C@H](NC(=O)[C@H](CCCNC(=N)N)NC(=O)[C@@H](Cc2c[nH]c3ccccc23)NC(=O)[C@@H](N)CCCNC(=N)N)C(=O)N[C@@H](Cc2ccc(O)cc2)C(=O)N[C@@H](CCCNC(=N)N)C(=O)N[C@@H](CCCCN)C(=O)N[C@H](CCCCN)C(=O)N2CCC[C@H]2C(=O)N[C@@H](Cc2ccc(O)cc2)C(=O)N[C@@H](CCCNC(=N)N)C(=O)N[C@@H](CCCNC(N)=O)C(=O)N1)C(=O)O. The quantitative estimate of drug-likeness (QED) is 0.00846. The van der Waals surface area contributed by atoms with E-state index in [1.54, 1.807) is 30.5 Å². The van der Waals surface area contributed by atoms with E-state index in [9.17, 15) is 29.7 Å². The summed E-state index contributed by atoms with van der Waals surface area (Å²) in [6, 6.07) is -5.84. The van der Waals surface area contributed by atoms with Crippen LogP contribution in [0.25, 0.3) is 10.9 Å². The van der Waals surface area contributed by atoms with E-state index < -0.39 is 222 Å². The number of carboxylic acid groups (broad SMARTS) is 1. The summed E-state index contributed by atoms with van der Waals surface area (Å²) in [5.41, 5.74) is 53.7. The number of carbonyl (C=O) groups is 15. The number of urea groups is 1. The van der Waals surface area contributed by atoms with Gasteiger partial charge in [-0.15, -0.1) is 0 Å². The zero-order valence-electron chi connectivity index (χ0n) is 79.1. The summed E-state index contributed by atoms with van der Waals surface area (Å²) in [5, 5.41) is 119. The second-order valence-electron chi connectivity index (χ2n) is 34.2. The molecule has 1 aromatic heterocycles. The molecule has 2 aliphatic heterocycles. The van der Waals surface area contributed by atoms with Crippen LogP contribution >= 0.6 is 21.6 Å². The second-order valence-corrected chi connectivity index (χ2v) is 36.7. The highest BCUT2D eigenvalue weighted by atomic mass is 33.1. The third-order valence-electron chi connectivity index (χ3n) is 22.9. The Morgan fingerprint density at radius 1 is 0.437 bits per heavy atom. The van der Waals surface area contributed by atoms with Gasteiger partial charge in [-0.1, -0.05) is 64.1 Å². The maximum Gasteiger partial charge on any atom is 0.326 e. The van der Waals surface area contributed by atoms with Crippen molar-refractivity contribution in [3.05, 3.63) is 95.7 Å². The lowest BCUT2D eigenvalue weighted by Crippen LogP contribution is -2.61. The third-order valence-corrected chi connectivity index (χ3v) is 25.4. The van der Waals surface area contributed by atoms with Gasteiger partial charge in [-0.3, -0.25) is 89.4 Å². The van der Waals surface area contributed by atoms with Crippen molar-refractivity contribution in [2.75, 3.05) is 70.4 Å². The first-order valence-corrected chi connectivity index (χ1v) is 49.3. The molecular weight excluding hydrogens is 1890 g/mol. The van der Waals surface area contributed by atoms with Crippen LogP contribution in [0.2, 0.25) is 0 Å². The first-order valence-electron chi connectivity index (χ1n) is 46.9. The van der Waals surface area contributed by atoms with Gasteiger partial charge >= 0.3 is 12.0 Å². The number of phenols is 2. The molecule has 0 saturated carbocycles. The van der Waals surface area contributed by atoms with Crippen molar-refractivity contribution in [1.29, 1.82) is 27.0 Å². The molecule has 15 amide bonds. The number of fused-ring (bicyclic) bond motifs is 2. The molecule has 0 radical (unpaired) electrons. The van der Waals surface area contributed by atoms with Crippen molar-refractivity contribution < 1.29 is 87.2 Å². The highest BCUT2D eigenvalue weighted by molar-refractivity contribution is 8.76. The number of aromatic amines is 1. The van der Waals surface area contributed by atoms with E-state index in [0.29, 0.717) is 34.9 Å². The smallest absolute Gasteiger partial charge is 0.326 e. The fourth-order valence-electron chi connectivity index (χ4n) is 15.4. The second kappa shape index (κ2) is 61.9. The van der Waals surface area contributed by atoms with Crippen LogP contribution < -0.4 is 147 Å². The van der Waals surface area contributed by atoms with Gasteiger partial charge in [-0.25, -0.2) is 9.59 Å². The molecule has 45 N–H and O–H groups in total. The molecule has 6 rings (SSSR count). The lowest BCUT2D eigenvalue weighted by molar-refractivity contribution is -0.142. The van der Waals surface area contributed by atoms with Gasteiger partial charge in [-0.05, 0) is 189 Å². The molecule has 0 bridgehead atoms. The molecule has 782 valence electrons. The van der Waals surface area contributed by atoms with Crippen LogP contribution in [0.15, 0.2) is 79.0 Å². The number of nitrogens with one attached hydrogen (secondary N) is 24. The summed E-state index contributed by atoms with van der Waals surface area (Å²) in [6.07, 6.45) is 0.0551. The molecule has 2 fully saturated rings. The number of unbranched alkanes of at least 4 members (excludes halogenated alkanes) is 2. The van der Waals surface area contributed by atoms with Gasteiger partial charge in [0.15, 0.2) is 29.8 Å². The molecule has 54 heteroatoms. The Kier molecular flexibility index (Phi) is 50.7. The van der Waals surface area contributed by atoms with Crippen LogP contribution in [0.5, 0.6) is 11.5 Å². The standard InChI is InChI=1S/C88H140N34O18S2/c89-33-5-3-17-56-72(128)115-61(18-4-6-34-90)81(137)122-41-13-24-68(122)80(136)119-64(43-49-27-31-52(124)32-28-49)76(132)113-58(20-9-37-105-85(96)97)71(127)111-59(22-11-40-108-88(102)140)73(129)120-66(78(134)116-62(82(138)139)23-12-39-107-87(100)101)46-141-142-47-67(79(135)118-63(42-48-25-29-51(123)30-26-48)75(131)112-57(70(126)110-56)19-8-36-104-84(94)95)121-74(130)60(21-10-38-106-86(98)99)114-77(133)65(44-50-45-109-55-16-2-1-14-53(50)55)117-69(125)54(91)15-7-35-103-83(92)93/h1-2,14,16,25-32,45,54,56-68,109,123-124H,3-13,15,17-24,33-44,46-47,89-91H2,(H,110,126)(H,111,127)(H,112,131)(H,113,132)(H,114,133)(H,115,128)(H,116,134)(H,117,125)(H,118,135)(H,119,136)(H,120,129)(H,121,130)(H,138,139)(H4,92,93,103)(H4,94,95,104)(H4,96,97,105)(H4,98,99,106)(H4,100,101,107)(H3,102,108,140)/t54-,56-,57-,58-,59-,60-,61+,62-,63-,64-,65+,66-,67-,68-/m0/s1. The molecule has 4 aromatic rings. The molecule has 0 spiro atoms. The van der Waals surface area contributed by atoms with Crippen molar-refractivity contribution in [3.8, 4) is 11.5 Å². The third kappa shape index (κ3) is 42.3. The summed E-state index contributed by atoms with van der Waals surface area (Å²) in [6.45, 7) is -0.152. The number of carbonyl (C=O) groups excluding carboxylic acids is 14.